The van der Waals surface area contributed by atoms with Crippen molar-refractivity contribution in [3.05, 3.63) is 35.4 Å². The van der Waals surface area contributed by atoms with Gasteiger partial charge in [-0.2, -0.15) is 0 Å². The van der Waals surface area contributed by atoms with E-state index >= 15 is 0 Å². The van der Waals surface area contributed by atoms with Gasteiger partial charge in [0.05, 0.1) is 0 Å². The zero-order valence-electron chi connectivity index (χ0n) is 11.7. The second-order valence-electron chi connectivity index (χ2n) is 5.34. The second-order valence-corrected chi connectivity index (χ2v) is 5.34. The van der Waals surface area contributed by atoms with Crippen molar-refractivity contribution in [1.29, 1.82) is 0 Å². The van der Waals surface area contributed by atoms with E-state index in [0.717, 1.165) is 19.5 Å². The van der Waals surface area contributed by atoms with Crippen molar-refractivity contribution in [1.82, 2.24) is 10.2 Å². The van der Waals surface area contributed by atoms with Crippen molar-refractivity contribution in [3.8, 4) is 0 Å². The van der Waals surface area contributed by atoms with Crippen LogP contribution in [0, 0.1) is 6.92 Å². The van der Waals surface area contributed by atoms with Gasteiger partial charge in [-0.25, -0.2) is 0 Å². The van der Waals surface area contributed by atoms with Gasteiger partial charge in [0, 0.05) is 38.6 Å². The lowest BCUT2D eigenvalue weighted by Gasteiger charge is -2.27. The highest BCUT2D eigenvalue weighted by Crippen LogP contribution is 2.24. The number of carbonyl (C=O) groups is 1. The molecule has 3 N–H and O–H groups in total. The molecule has 4 nitrogen and oxygen atoms in total. The summed E-state index contributed by atoms with van der Waals surface area (Å²) in [5.41, 5.74) is 8.46. The fourth-order valence-electron chi connectivity index (χ4n) is 2.76. The molecule has 1 fully saturated rings. The van der Waals surface area contributed by atoms with Crippen LogP contribution in [-0.4, -0.2) is 36.5 Å². The minimum absolute atomic E-state index is 0.0477. The minimum atomic E-state index is 0.0477. The molecule has 0 radical (unpaired) electrons. The highest BCUT2D eigenvalue weighted by atomic mass is 16.1. The van der Waals surface area contributed by atoms with Crippen molar-refractivity contribution < 1.29 is 4.79 Å². The van der Waals surface area contributed by atoms with Gasteiger partial charge in [0.15, 0.2) is 0 Å². The number of nitrogens with one attached hydrogen (secondary N) is 1. The Morgan fingerprint density at radius 3 is 2.74 bits per heavy atom. The Morgan fingerprint density at radius 2 is 2.16 bits per heavy atom. The van der Waals surface area contributed by atoms with E-state index in [1.54, 1.807) is 6.92 Å². The lowest BCUT2D eigenvalue weighted by Crippen LogP contribution is -2.38. The number of likely N-dealkylation sites (tertiary alicyclic amines) is 1. The van der Waals surface area contributed by atoms with Gasteiger partial charge >= 0.3 is 0 Å². The van der Waals surface area contributed by atoms with Crippen LogP contribution in [0.3, 0.4) is 0 Å². The SMILES string of the molecule is CC(=O)NC1CCN(C(CN)c2ccc(C)cc2)C1. The molecule has 0 saturated carbocycles. The van der Waals surface area contributed by atoms with Crippen LogP contribution in [0.2, 0.25) is 0 Å². The van der Waals surface area contributed by atoms with E-state index in [4.69, 9.17) is 5.73 Å². The molecular weight excluding hydrogens is 238 g/mol. The highest BCUT2D eigenvalue weighted by molar-refractivity contribution is 5.73. The number of nitrogens with zero attached hydrogens (tertiary/aromatic N) is 1. The number of nitrogens with two attached hydrogens (primary N) is 1. The summed E-state index contributed by atoms with van der Waals surface area (Å²) in [4.78, 5) is 13.5. The molecule has 1 amide bonds. The Balaban J connectivity index is 2.03. The summed E-state index contributed by atoms with van der Waals surface area (Å²) in [7, 11) is 0. The molecule has 1 aromatic rings. The van der Waals surface area contributed by atoms with Crippen LogP contribution in [0.15, 0.2) is 24.3 Å². The van der Waals surface area contributed by atoms with Gasteiger partial charge in [0.1, 0.15) is 0 Å². The smallest absolute Gasteiger partial charge is 0.217 e. The Morgan fingerprint density at radius 1 is 1.47 bits per heavy atom. The third kappa shape index (κ3) is 3.55. The largest absolute Gasteiger partial charge is 0.352 e. The van der Waals surface area contributed by atoms with Gasteiger partial charge in [-0.15, -0.1) is 0 Å². The van der Waals surface area contributed by atoms with Crippen molar-refractivity contribution >= 4 is 5.91 Å². The topological polar surface area (TPSA) is 58.4 Å². The molecule has 2 atom stereocenters. The second kappa shape index (κ2) is 6.17. The maximum atomic E-state index is 11.1. The average Bonchev–Trinajstić information content (AvgIpc) is 2.80. The van der Waals surface area contributed by atoms with E-state index in [1.165, 1.54) is 11.1 Å². The lowest BCUT2D eigenvalue weighted by molar-refractivity contribution is -0.119. The minimum Gasteiger partial charge on any atom is -0.352 e. The fourth-order valence-corrected chi connectivity index (χ4v) is 2.76. The summed E-state index contributed by atoms with van der Waals surface area (Å²) in [5.74, 6) is 0.0477. The van der Waals surface area contributed by atoms with Crippen LogP contribution in [0.1, 0.15) is 30.5 Å². The lowest BCUT2D eigenvalue weighted by atomic mass is 10.0. The molecule has 1 heterocycles. The number of aryl methyl sites for hydroxylation is 1. The number of hydrogen-bond acceptors (Lipinski definition) is 3. The zero-order valence-corrected chi connectivity index (χ0v) is 11.7. The van der Waals surface area contributed by atoms with Crippen LogP contribution in [0.25, 0.3) is 0 Å². The first kappa shape index (κ1) is 14.0. The Hall–Kier alpha value is -1.39. The van der Waals surface area contributed by atoms with Crippen molar-refractivity contribution in [2.75, 3.05) is 19.6 Å². The van der Waals surface area contributed by atoms with Gasteiger partial charge in [-0.05, 0) is 18.9 Å². The standard InChI is InChI=1S/C15H23N3O/c1-11-3-5-13(6-4-11)15(9-16)18-8-7-14(10-18)17-12(2)19/h3-6,14-15H,7-10,16H2,1-2H3,(H,17,19). The van der Waals surface area contributed by atoms with Gasteiger partial charge in [0.25, 0.3) is 0 Å². The van der Waals surface area contributed by atoms with Gasteiger partial charge < -0.3 is 11.1 Å². The third-order valence-corrected chi connectivity index (χ3v) is 3.75. The van der Waals surface area contributed by atoms with E-state index in [-0.39, 0.29) is 18.0 Å². The molecule has 0 spiro atoms. The third-order valence-electron chi connectivity index (χ3n) is 3.75. The molecule has 0 bridgehead atoms. The summed E-state index contributed by atoms with van der Waals surface area (Å²) < 4.78 is 0. The number of benzene rings is 1. The first-order valence-electron chi connectivity index (χ1n) is 6.88. The molecule has 0 aromatic heterocycles. The molecule has 1 aliphatic rings. The fraction of sp³-hybridized carbons (Fsp3) is 0.533. The van der Waals surface area contributed by atoms with Crippen LogP contribution in [0.4, 0.5) is 0 Å². The molecule has 1 aliphatic heterocycles. The van der Waals surface area contributed by atoms with Crippen molar-refractivity contribution in [2.24, 2.45) is 5.73 Å². The molecule has 1 aromatic carbocycles. The number of carbonyl (C=O) groups excluding carboxylic acids is 1. The van der Waals surface area contributed by atoms with Crippen LogP contribution < -0.4 is 11.1 Å². The number of amides is 1. The summed E-state index contributed by atoms with van der Waals surface area (Å²) >= 11 is 0. The summed E-state index contributed by atoms with van der Waals surface area (Å²) in [6, 6.07) is 9.06. The molecule has 1 saturated heterocycles. The van der Waals surface area contributed by atoms with Crippen LogP contribution in [-0.2, 0) is 4.79 Å². The predicted octanol–water partition coefficient (Wildman–Crippen LogP) is 1.21. The van der Waals surface area contributed by atoms with Crippen molar-refractivity contribution in [2.45, 2.75) is 32.4 Å². The van der Waals surface area contributed by atoms with E-state index in [2.05, 4.69) is 41.4 Å². The van der Waals surface area contributed by atoms with E-state index in [9.17, 15) is 4.79 Å². The summed E-state index contributed by atoms with van der Waals surface area (Å²) in [6.45, 7) is 6.14. The predicted molar refractivity (Wildman–Crippen MR) is 76.8 cm³/mol. The zero-order chi connectivity index (χ0) is 13.8. The van der Waals surface area contributed by atoms with E-state index in [1.807, 2.05) is 0 Å². The molecule has 4 heteroatoms. The number of hydrogen-bond donors (Lipinski definition) is 2. The van der Waals surface area contributed by atoms with Gasteiger partial charge in [0.2, 0.25) is 5.91 Å². The average molecular weight is 261 g/mol. The molecular formula is C15H23N3O. The highest BCUT2D eigenvalue weighted by Gasteiger charge is 2.28. The first-order valence-corrected chi connectivity index (χ1v) is 6.88. The molecule has 104 valence electrons. The number of rotatable bonds is 4. The molecule has 2 unspecified atom stereocenters. The Kier molecular flexibility index (Phi) is 4.56. The Labute approximate surface area is 115 Å². The van der Waals surface area contributed by atoms with E-state index < -0.39 is 0 Å². The first-order chi connectivity index (χ1) is 9.10. The Bertz CT molecular complexity index is 430. The van der Waals surface area contributed by atoms with Gasteiger partial charge in [-0.1, -0.05) is 29.8 Å². The normalized spacial score (nSPS) is 21.3. The molecule has 19 heavy (non-hydrogen) atoms. The summed E-state index contributed by atoms with van der Waals surface area (Å²) in [6.07, 6.45) is 1.00. The monoisotopic (exact) mass is 261 g/mol. The van der Waals surface area contributed by atoms with Crippen LogP contribution >= 0.6 is 0 Å². The maximum Gasteiger partial charge on any atom is 0.217 e. The quantitative estimate of drug-likeness (QED) is 0.856. The molecule has 0 aliphatic carbocycles. The van der Waals surface area contributed by atoms with E-state index in [0.29, 0.717) is 6.54 Å². The van der Waals surface area contributed by atoms with Gasteiger partial charge in [-0.3, -0.25) is 9.69 Å². The summed E-state index contributed by atoms with van der Waals surface area (Å²) in [5, 5.41) is 2.99. The molecule has 2 rings (SSSR count). The maximum absolute atomic E-state index is 11.1. The van der Waals surface area contributed by atoms with Crippen molar-refractivity contribution in [3.63, 3.8) is 0 Å². The van der Waals surface area contributed by atoms with Crippen LogP contribution in [0.5, 0.6) is 0 Å².